The molecular formula is C14H18N2. The van der Waals surface area contributed by atoms with Crippen LogP contribution in [0.2, 0.25) is 0 Å². The lowest BCUT2D eigenvalue weighted by atomic mass is 10.1. The summed E-state index contributed by atoms with van der Waals surface area (Å²) in [6.07, 6.45) is 5.50. The topological polar surface area (TPSA) is 27.1 Å². The minimum absolute atomic E-state index is 0.738. The average Bonchev–Trinajstić information content (AvgIpc) is 2.90. The molecule has 16 heavy (non-hydrogen) atoms. The van der Waals surface area contributed by atoms with Gasteiger partial charge in [0.25, 0.3) is 0 Å². The molecule has 0 bridgehead atoms. The Morgan fingerprint density at radius 3 is 2.69 bits per heavy atom. The summed E-state index contributed by atoms with van der Waals surface area (Å²) >= 11 is 0. The predicted octanol–water partition coefficient (Wildman–Crippen LogP) is 3.02. The predicted molar refractivity (Wildman–Crippen MR) is 65.6 cm³/mol. The van der Waals surface area contributed by atoms with Crippen LogP contribution in [0.3, 0.4) is 0 Å². The maximum atomic E-state index is 8.18. The Labute approximate surface area is 96.8 Å². The summed E-state index contributed by atoms with van der Waals surface area (Å²) in [6, 6.07) is 8.34. The van der Waals surface area contributed by atoms with Gasteiger partial charge < -0.3 is 4.90 Å². The molecule has 2 heteroatoms. The van der Waals surface area contributed by atoms with Gasteiger partial charge in [-0.3, -0.25) is 5.41 Å². The molecule has 3 rings (SSSR count). The lowest BCUT2D eigenvalue weighted by Gasteiger charge is -2.21. The Kier molecular flexibility index (Phi) is 2.43. The van der Waals surface area contributed by atoms with E-state index in [1.807, 2.05) is 6.07 Å². The maximum absolute atomic E-state index is 8.18. The molecule has 1 aliphatic heterocycles. The van der Waals surface area contributed by atoms with Crippen molar-refractivity contribution in [2.24, 2.45) is 5.92 Å². The number of hydrogen-bond acceptors (Lipinski definition) is 1. The molecule has 0 atom stereocenters. The minimum atomic E-state index is 0.738. The standard InChI is InChI=1S/C14H18N2/c15-14-13-8-4-3-7-12(13)10-16(14)9-11-5-1-2-6-11/h3-4,7-8,11,15H,1-2,5-6,9-10H2. The third kappa shape index (κ3) is 1.62. The van der Waals surface area contributed by atoms with Gasteiger partial charge in [0.05, 0.1) is 0 Å². The summed E-state index contributed by atoms with van der Waals surface area (Å²) in [7, 11) is 0. The summed E-state index contributed by atoms with van der Waals surface area (Å²) in [5, 5.41) is 8.18. The molecule has 2 aliphatic rings. The number of rotatable bonds is 2. The van der Waals surface area contributed by atoms with Crippen molar-refractivity contribution >= 4 is 5.84 Å². The number of nitrogens with one attached hydrogen (secondary N) is 1. The number of fused-ring (bicyclic) bond motifs is 1. The van der Waals surface area contributed by atoms with E-state index in [0.29, 0.717) is 0 Å². The van der Waals surface area contributed by atoms with Crippen molar-refractivity contribution in [3.05, 3.63) is 35.4 Å². The highest BCUT2D eigenvalue weighted by atomic mass is 15.2. The van der Waals surface area contributed by atoms with E-state index in [4.69, 9.17) is 5.41 Å². The molecule has 1 aromatic rings. The van der Waals surface area contributed by atoms with Crippen LogP contribution < -0.4 is 0 Å². The second-order valence-corrected chi connectivity index (χ2v) is 5.04. The molecule has 1 fully saturated rings. The van der Waals surface area contributed by atoms with E-state index >= 15 is 0 Å². The molecule has 0 radical (unpaired) electrons. The molecule has 1 aliphatic carbocycles. The highest BCUT2D eigenvalue weighted by Crippen LogP contribution is 2.29. The number of benzene rings is 1. The SMILES string of the molecule is N=C1c2ccccc2CN1CC1CCCC1. The quantitative estimate of drug-likeness (QED) is 0.805. The number of hydrogen-bond donors (Lipinski definition) is 1. The van der Waals surface area contributed by atoms with Gasteiger partial charge in [-0.05, 0) is 24.3 Å². The van der Waals surface area contributed by atoms with Crippen molar-refractivity contribution in [3.8, 4) is 0 Å². The van der Waals surface area contributed by atoms with Crippen LogP contribution in [0, 0.1) is 11.3 Å². The number of amidine groups is 1. The zero-order chi connectivity index (χ0) is 11.0. The zero-order valence-corrected chi connectivity index (χ0v) is 9.58. The molecule has 0 amide bonds. The van der Waals surface area contributed by atoms with E-state index in [1.54, 1.807) is 0 Å². The van der Waals surface area contributed by atoms with Crippen LogP contribution in [0.15, 0.2) is 24.3 Å². The fourth-order valence-electron chi connectivity index (χ4n) is 3.00. The van der Waals surface area contributed by atoms with E-state index in [-0.39, 0.29) is 0 Å². The van der Waals surface area contributed by atoms with Gasteiger partial charge in [0, 0.05) is 18.7 Å². The van der Waals surface area contributed by atoms with E-state index in [0.717, 1.165) is 30.4 Å². The second kappa shape index (κ2) is 3.93. The molecule has 2 nitrogen and oxygen atoms in total. The zero-order valence-electron chi connectivity index (χ0n) is 9.58. The molecule has 1 N–H and O–H groups in total. The maximum Gasteiger partial charge on any atom is 0.128 e. The highest BCUT2D eigenvalue weighted by Gasteiger charge is 2.26. The Hall–Kier alpha value is -1.31. The van der Waals surface area contributed by atoms with Crippen LogP contribution in [0.1, 0.15) is 36.8 Å². The molecule has 0 unspecified atom stereocenters. The lowest BCUT2D eigenvalue weighted by molar-refractivity contribution is 0.344. The van der Waals surface area contributed by atoms with Crippen molar-refractivity contribution < 1.29 is 0 Å². The van der Waals surface area contributed by atoms with Gasteiger partial charge in [0.1, 0.15) is 5.84 Å². The highest BCUT2D eigenvalue weighted by molar-refractivity contribution is 6.00. The Morgan fingerprint density at radius 1 is 1.19 bits per heavy atom. The molecule has 1 saturated carbocycles. The van der Waals surface area contributed by atoms with Crippen LogP contribution in [0.4, 0.5) is 0 Å². The Morgan fingerprint density at radius 2 is 1.94 bits per heavy atom. The second-order valence-electron chi connectivity index (χ2n) is 5.04. The molecule has 84 valence electrons. The normalized spacial score (nSPS) is 20.5. The fourth-order valence-corrected chi connectivity index (χ4v) is 3.00. The van der Waals surface area contributed by atoms with Crippen LogP contribution >= 0.6 is 0 Å². The first-order valence-electron chi connectivity index (χ1n) is 6.26. The smallest absolute Gasteiger partial charge is 0.128 e. The first kappa shape index (κ1) is 9.88. The molecular weight excluding hydrogens is 196 g/mol. The summed E-state index contributed by atoms with van der Waals surface area (Å²) in [5.74, 6) is 1.57. The van der Waals surface area contributed by atoms with Crippen molar-refractivity contribution in [1.29, 1.82) is 5.41 Å². The summed E-state index contributed by atoms with van der Waals surface area (Å²) in [4.78, 5) is 2.25. The van der Waals surface area contributed by atoms with Crippen LogP contribution in [-0.4, -0.2) is 17.3 Å². The van der Waals surface area contributed by atoms with Crippen LogP contribution in [0.5, 0.6) is 0 Å². The van der Waals surface area contributed by atoms with Gasteiger partial charge in [0.2, 0.25) is 0 Å². The van der Waals surface area contributed by atoms with Crippen LogP contribution in [-0.2, 0) is 6.54 Å². The van der Waals surface area contributed by atoms with Crippen molar-refractivity contribution in [2.45, 2.75) is 32.2 Å². The Balaban J connectivity index is 1.74. The van der Waals surface area contributed by atoms with Crippen molar-refractivity contribution in [1.82, 2.24) is 4.90 Å². The van der Waals surface area contributed by atoms with E-state index in [1.165, 1.54) is 31.2 Å². The molecule has 0 spiro atoms. The minimum Gasteiger partial charge on any atom is -0.352 e. The third-order valence-corrected chi connectivity index (χ3v) is 3.90. The van der Waals surface area contributed by atoms with Gasteiger partial charge in [-0.25, -0.2) is 0 Å². The molecule has 0 aromatic heterocycles. The summed E-state index contributed by atoms with van der Waals surface area (Å²) in [6.45, 7) is 2.04. The van der Waals surface area contributed by atoms with E-state index in [2.05, 4.69) is 23.1 Å². The summed E-state index contributed by atoms with van der Waals surface area (Å²) in [5.41, 5.74) is 2.46. The van der Waals surface area contributed by atoms with Crippen LogP contribution in [0.25, 0.3) is 0 Å². The van der Waals surface area contributed by atoms with Gasteiger partial charge in [0.15, 0.2) is 0 Å². The first-order chi connectivity index (χ1) is 7.84. The fraction of sp³-hybridized carbons (Fsp3) is 0.500. The summed E-state index contributed by atoms with van der Waals surface area (Å²) < 4.78 is 0. The van der Waals surface area contributed by atoms with Crippen molar-refractivity contribution in [3.63, 3.8) is 0 Å². The van der Waals surface area contributed by atoms with Gasteiger partial charge in [-0.15, -0.1) is 0 Å². The van der Waals surface area contributed by atoms with Gasteiger partial charge >= 0.3 is 0 Å². The molecule has 0 saturated heterocycles. The number of nitrogens with zero attached hydrogens (tertiary/aromatic N) is 1. The van der Waals surface area contributed by atoms with Gasteiger partial charge in [-0.1, -0.05) is 37.1 Å². The third-order valence-electron chi connectivity index (χ3n) is 3.90. The van der Waals surface area contributed by atoms with Gasteiger partial charge in [-0.2, -0.15) is 0 Å². The van der Waals surface area contributed by atoms with Crippen molar-refractivity contribution in [2.75, 3.05) is 6.54 Å². The molecule has 1 aromatic carbocycles. The molecule has 1 heterocycles. The first-order valence-corrected chi connectivity index (χ1v) is 6.26. The monoisotopic (exact) mass is 214 g/mol. The van der Waals surface area contributed by atoms with E-state index < -0.39 is 0 Å². The Bertz CT molecular complexity index is 405. The lowest BCUT2D eigenvalue weighted by Crippen LogP contribution is -2.28. The largest absolute Gasteiger partial charge is 0.352 e. The average molecular weight is 214 g/mol. The van der Waals surface area contributed by atoms with E-state index in [9.17, 15) is 0 Å².